The summed E-state index contributed by atoms with van der Waals surface area (Å²) in [7, 11) is 0. The molecule has 0 aromatic carbocycles. The van der Waals surface area contributed by atoms with E-state index in [4.69, 9.17) is 4.74 Å². The molecule has 0 amide bonds. The molecule has 0 aliphatic carbocycles. The van der Waals surface area contributed by atoms with Crippen LogP contribution in [0.25, 0.3) is 0 Å². The van der Waals surface area contributed by atoms with Crippen molar-refractivity contribution in [2.24, 2.45) is 5.92 Å². The molecular weight excluding hydrogens is 190 g/mol. The summed E-state index contributed by atoms with van der Waals surface area (Å²) in [6, 6.07) is 0. The van der Waals surface area contributed by atoms with Crippen LogP contribution in [0.2, 0.25) is 0 Å². The lowest BCUT2D eigenvalue weighted by molar-refractivity contribution is -0.368. The maximum Gasteiger partial charge on any atom is 0.0593 e. The molecule has 3 nitrogen and oxygen atoms in total. The summed E-state index contributed by atoms with van der Waals surface area (Å²) in [6.07, 6.45) is 4.33. The van der Waals surface area contributed by atoms with Crippen molar-refractivity contribution in [3.63, 3.8) is 0 Å². The zero-order valence-corrected chi connectivity index (χ0v) is 9.91. The summed E-state index contributed by atoms with van der Waals surface area (Å²) >= 11 is 0. The second-order valence-corrected chi connectivity index (χ2v) is 4.55. The molecule has 0 atom stereocenters. The van der Waals surface area contributed by atoms with Crippen LogP contribution in [-0.2, 0) is 4.74 Å². The summed E-state index contributed by atoms with van der Waals surface area (Å²) in [5.41, 5.74) is 0. The molecule has 1 aliphatic heterocycles. The van der Waals surface area contributed by atoms with Crippen LogP contribution in [0.5, 0.6) is 0 Å². The molecule has 0 saturated carbocycles. The first-order chi connectivity index (χ1) is 7.33. The summed E-state index contributed by atoms with van der Waals surface area (Å²) in [6.45, 7) is 7.46. The van der Waals surface area contributed by atoms with Crippen LogP contribution < -0.4 is 5.11 Å². The number of ether oxygens (including phenoxy) is 1. The van der Waals surface area contributed by atoms with Crippen LogP contribution in [0.15, 0.2) is 0 Å². The Balaban J connectivity index is 1.87. The van der Waals surface area contributed by atoms with E-state index in [2.05, 4.69) is 11.8 Å². The molecule has 1 aliphatic rings. The fraction of sp³-hybridized carbons (Fsp3) is 1.00. The molecule has 0 N–H and O–H groups in total. The van der Waals surface area contributed by atoms with Crippen molar-refractivity contribution in [3.8, 4) is 0 Å². The number of hydrogen-bond donors (Lipinski definition) is 0. The zero-order chi connectivity index (χ0) is 10.9. The molecule has 3 heteroatoms. The maximum absolute atomic E-state index is 10.2. The van der Waals surface area contributed by atoms with Gasteiger partial charge < -0.3 is 14.7 Å². The average Bonchev–Trinajstić information content (AvgIpc) is 2.26. The number of hydrogen-bond acceptors (Lipinski definition) is 3. The van der Waals surface area contributed by atoms with Crippen molar-refractivity contribution < 1.29 is 9.84 Å². The van der Waals surface area contributed by atoms with Gasteiger partial charge in [0.2, 0.25) is 0 Å². The molecule has 90 valence electrons. The number of nitrogens with zero attached hydrogens (tertiary/aromatic N) is 1. The quantitative estimate of drug-likeness (QED) is 0.590. The van der Waals surface area contributed by atoms with Crippen LogP contribution in [0.3, 0.4) is 0 Å². The Morgan fingerprint density at radius 2 is 1.93 bits per heavy atom. The summed E-state index contributed by atoms with van der Waals surface area (Å²) in [4.78, 5) is 2.48. The van der Waals surface area contributed by atoms with E-state index in [0.29, 0.717) is 0 Å². The normalized spacial score (nSPS) is 19.6. The Bertz CT molecular complexity index is 145. The molecule has 0 spiro atoms. The summed E-state index contributed by atoms with van der Waals surface area (Å²) in [5, 5.41) is 10.2. The van der Waals surface area contributed by atoms with Crippen LogP contribution in [-0.4, -0.2) is 44.4 Å². The lowest BCUT2D eigenvalue weighted by Gasteiger charge is -2.29. The second kappa shape index (κ2) is 8.08. The van der Waals surface area contributed by atoms with Gasteiger partial charge in [-0.1, -0.05) is 13.3 Å². The third-order valence-corrected chi connectivity index (χ3v) is 3.11. The Labute approximate surface area is 93.4 Å². The maximum atomic E-state index is 10.2. The average molecular weight is 214 g/mol. The van der Waals surface area contributed by atoms with Crippen molar-refractivity contribution >= 4 is 0 Å². The van der Waals surface area contributed by atoms with Gasteiger partial charge in [0, 0.05) is 13.2 Å². The monoisotopic (exact) mass is 214 g/mol. The highest BCUT2D eigenvalue weighted by Gasteiger charge is 2.14. The molecule has 0 bridgehead atoms. The molecular formula is C12H24NO2-. The molecule has 1 saturated heterocycles. The fourth-order valence-corrected chi connectivity index (χ4v) is 1.89. The van der Waals surface area contributed by atoms with Gasteiger partial charge in [-0.25, -0.2) is 0 Å². The third kappa shape index (κ3) is 6.13. The van der Waals surface area contributed by atoms with Gasteiger partial charge in [-0.15, -0.1) is 6.61 Å². The predicted octanol–water partition coefficient (Wildman–Crippen LogP) is 0.875. The standard InChI is InChI=1S/C12H24NO2/c1-12-4-6-13(7-5-12)8-11-15-10-3-2-9-14/h12H,2-11H2,1H3/q-1. The lowest BCUT2D eigenvalue weighted by Crippen LogP contribution is -2.35. The Morgan fingerprint density at radius 1 is 1.20 bits per heavy atom. The van der Waals surface area contributed by atoms with Gasteiger partial charge in [0.15, 0.2) is 0 Å². The van der Waals surface area contributed by atoms with Crippen LogP contribution >= 0.6 is 0 Å². The van der Waals surface area contributed by atoms with E-state index >= 15 is 0 Å². The van der Waals surface area contributed by atoms with Gasteiger partial charge in [0.1, 0.15) is 0 Å². The van der Waals surface area contributed by atoms with E-state index in [-0.39, 0.29) is 6.61 Å². The Kier molecular flexibility index (Phi) is 6.98. The minimum atomic E-state index is 0.0351. The van der Waals surface area contributed by atoms with Crippen molar-refractivity contribution in [2.45, 2.75) is 32.6 Å². The van der Waals surface area contributed by atoms with E-state index in [9.17, 15) is 5.11 Å². The number of unbranched alkanes of at least 4 members (excludes halogenated alkanes) is 1. The van der Waals surface area contributed by atoms with Crippen LogP contribution in [0, 0.1) is 5.92 Å². The van der Waals surface area contributed by atoms with Gasteiger partial charge in [-0.05, 0) is 38.3 Å². The highest BCUT2D eigenvalue weighted by molar-refractivity contribution is 4.68. The molecule has 1 rings (SSSR count). The van der Waals surface area contributed by atoms with E-state index in [1.54, 1.807) is 0 Å². The highest BCUT2D eigenvalue weighted by Crippen LogP contribution is 2.15. The topological polar surface area (TPSA) is 35.5 Å². The van der Waals surface area contributed by atoms with Crippen LogP contribution in [0.4, 0.5) is 0 Å². The fourth-order valence-electron chi connectivity index (χ4n) is 1.89. The third-order valence-electron chi connectivity index (χ3n) is 3.11. The van der Waals surface area contributed by atoms with Crippen molar-refractivity contribution in [2.75, 3.05) is 39.5 Å². The minimum Gasteiger partial charge on any atom is -0.854 e. The van der Waals surface area contributed by atoms with Gasteiger partial charge in [-0.3, -0.25) is 0 Å². The smallest absolute Gasteiger partial charge is 0.0593 e. The number of piperidine rings is 1. The lowest BCUT2D eigenvalue weighted by atomic mass is 9.99. The largest absolute Gasteiger partial charge is 0.854 e. The predicted molar refractivity (Wildman–Crippen MR) is 59.8 cm³/mol. The molecule has 0 aromatic heterocycles. The summed E-state index contributed by atoms with van der Waals surface area (Å²) in [5.74, 6) is 0.902. The second-order valence-electron chi connectivity index (χ2n) is 4.55. The zero-order valence-electron chi connectivity index (χ0n) is 9.91. The molecule has 0 aromatic rings. The Morgan fingerprint density at radius 3 is 2.60 bits per heavy atom. The molecule has 0 radical (unpaired) electrons. The molecule has 15 heavy (non-hydrogen) atoms. The van der Waals surface area contributed by atoms with Crippen molar-refractivity contribution in [1.29, 1.82) is 0 Å². The highest BCUT2D eigenvalue weighted by atomic mass is 16.5. The molecule has 1 fully saturated rings. The van der Waals surface area contributed by atoms with E-state index < -0.39 is 0 Å². The SMILES string of the molecule is CC1CCN(CCOCCCC[O-])CC1. The van der Waals surface area contributed by atoms with E-state index in [0.717, 1.165) is 38.5 Å². The first-order valence-corrected chi connectivity index (χ1v) is 6.21. The van der Waals surface area contributed by atoms with Crippen molar-refractivity contribution in [3.05, 3.63) is 0 Å². The van der Waals surface area contributed by atoms with Gasteiger partial charge in [0.25, 0.3) is 0 Å². The van der Waals surface area contributed by atoms with Gasteiger partial charge >= 0.3 is 0 Å². The van der Waals surface area contributed by atoms with Crippen molar-refractivity contribution in [1.82, 2.24) is 4.90 Å². The first-order valence-electron chi connectivity index (χ1n) is 6.21. The Hall–Kier alpha value is -0.120. The van der Waals surface area contributed by atoms with Gasteiger partial charge in [0.05, 0.1) is 6.61 Å². The number of rotatable bonds is 7. The van der Waals surface area contributed by atoms with E-state index in [1.165, 1.54) is 25.9 Å². The molecule has 1 heterocycles. The van der Waals surface area contributed by atoms with Gasteiger partial charge in [-0.2, -0.15) is 0 Å². The van der Waals surface area contributed by atoms with E-state index in [1.807, 2.05) is 0 Å². The minimum absolute atomic E-state index is 0.0351. The molecule has 0 unspecified atom stereocenters. The first kappa shape index (κ1) is 12.9. The number of likely N-dealkylation sites (tertiary alicyclic amines) is 1. The van der Waals surface area contributed by atoms with Crippen LogP contribution in [0.1, 0.15) is 32.6 Å². The summed E-state index contributed by atoms with van der Waals surface area (Å²) < 4.78 is 5.48.